The molecule has 0 fully saturated rings. The van der Waals surface area contributed by atoms with Crippen LogP contribution in [0.4, 0.5) is 0 Å². The number of para-hydroxylation sites is 1. The monoisotopic (exact) mass is 403 g/mol. The Kier molecular flexibility index (Phi) is 6.32. The number of fused-ring (bicyclic) bond motifs is 1. The minimum absolute atomic E-state index is 0.135. The van der Waals surface area contributed by atoms with Crippen molar-refractivity contribution in [1.82, 2.24) is 4.98 Å². The molecule has 0 bridgehead atoms. The molecule has 0 aliphatic heterocycles. The molecule has 1 aromatic heterocycles. The number of nitrogens with zero attached hydrogens (tertiary/aromatic N) is 1. The molecule has 27 heavy (non-hydrogen) atoms. The van der Waals surface area contributed by atoms with Crippen LogP contribution in [0.2, 0.25) is 5.02 Å². The summed E-state index contributed by atoms with van der Waals surface area (Å²) in [6.07, 6.45) is 2.97. The van der Waals surface area contributed by atoms with Gasteiger partial charge in [-0.1, -0.05) is 23.7 Å². The molecule has 0 N–H and O–H groups in total. The minimum Gasteiger partial charge on any atom is -0.491 e. The van der Waals surface area contributed by atoms with E-state index in [0.717, 1.165) is 15.2 Å². The van der Waals surface area contributed by atoms with Gasteiger partial charge in [0.05, 0.1) is 29.0 Å². The van der Waals surface area contributed by atoms with E-state index < -0.39 is 5.97 Å². The van der Waals surface area contributed by atoms with Crippen LogP contribution in [-0.4, -0.2) is 24.7 Å². The average Bonchev–Trinajstić information content (AvgIpc) is 3.08. The predicted octanol–water partition coefficient (Wildman–Crippen LogP) is 5.11. The minimum atomic E-state index is -0.459. The highest BCUT2D eigenvalue weighted by molar-refractivity contribution is 7.18. The molecule has 0 atom stereocenters. The van der Waals surface area contributed by atoms with Crippen LogP contribution in [0.3, 0.4) is 0 Å². The summed E-state index contributed by atoms with van der Waals surface area (Å²) in [5.74, 6) is 0.531. The van der Waals surface area contributed by atoms with Crippen LogP contribution in [0.25, 0.3) is 16.3 Å². The molecule has 0 saturated carbocycles. The molecule has 2 aromatic carbocycles. The number of carbonyl (C=O) groups is 1. The van der Waals surface area contributed by atoms with Crippen molar-refractivity contribution in [3.8, 4) is 11.5 Å². The fourth-order valence-electron chi connectivity index (χ4n) is 2.47. The molecular weight excluding hydrogens is 386 g/mol. The lowest BCUT2D eigenvalue weighted by atomic mass is 10.2. The zero-order chi connectivity index (χ0) is 19.2. The number of ether oxygens (including phenoxy) is 3. The standard InChI is InChI=1S/C20H18ClNO4S/c1-3-25-16-11-13(10-14(21)20(16)24-2)8-9-19(23)26-12-18-22-15-6-4-5-7-17(15)27-18/h4-11H,3,12H2,1-2H3. The number of methoxy groups -OCH3 is 1. The molecule has 5 nitrogen and oxygen atoms in total. The molecule has 3 rings (SSSR count). The van der Waals surface area contributed by atoms with Crippen molar-refractivity contribution in [1.29, 1.82) is 0 Å². The van der Waals surface area contributed by atoms with E-state index in [0.29, 0.717) is 28.7 Å². The normalized spacial score (nSPS) is 11.1. The van der Waals surface area contributed by atoms with E-state index in [9.17, 15) is 4.79 Å². The zero-order valence-electron chi connectivity index (χ0n) is 14.9. The fourth-order valence-corrected chi connectivity index (χ4v) is 3.65. The third kappa shape index (κ3) is 4.78. The molecule has 0 aliphatic rings. The quantitative estimate of drug-likeness (QED) is 0.405. The van der Waals surface area contributed by atoms with Crippen molar-refractivity contribution >= 4 is 45.2 Å². The smallest absolute Gasteiger partial charge is 0.331 e. The lowest BCUT2D eigenvalue weighted by Gasteiger charge is -2.11. The van der Waals surface area contributed by atoms with Gasteiger partial charge in [-0.2, -0.15) is 0 Å². The average molecular weight is 404 g/mol. The summed E-state index contributed by atoms with van der Waals surface area (Å²) in [5.41, 5.74) is 1.61. The van der Waals surface area contributed by atoms with Crippen LogP contribution >= 0.6 is 22.9 Å². The first kappa shape index (κ1) is 19.2. The van der Waals surface area contributed by atoms with E-state index in [1.165, 1.54) is 24.5 Å². The summed E-state index contributed by atoms with van der Waals surface area (Å²) in [7, 11) is 1.53. The Hall–Kier alpha value is -2.57. The van der Waals surface area contributed by atoms with E-state index in [-0.39, 0.29) is 6.61 Å². The molecule has 0 radical (unpaired) electrons. The van der Waals surface area contributed by atoms with Gasteiger partial charge >= 0.3 is 5.97 Å². The Morgan fingerprint density at radius 3 is 2.85 bits per heavy atom. The van der Waals surface area contributed by atoms with Gasteiger partial charge in [0.15, 0.2) is 11.5 Å². The van der Waals surface area contributed by atoms with E-state index in [1.807, 2.05) is 31.2 Å². The Balaban J connectivity index is 1.65. The molecule has 0 unspecified atom stereocenters. The Morgan fingerprint density at radius 1 is 1.30 bits per heavy atom. The van der Waals surface area contributed by atoms with Gasteiger partial charge in [0.2, 0.25) is 0 Å². The van der Waals surface area contributed by atoms with Gasteiger partial charge in [-0.15, -0.1) is 11.3 Å². The van der Waals surface area contributed by atoms with Crippen molar-refractivity contribution in [3.63, 3.8) is 0 Å². The molecule has 1 heterocycles. The van der Waals surface area contributed by atoms with Gasteiger partial charge in [-0.25, -0.2) is 9.78 Å². The van der Waals surface area contributed by atoms with Crippen LogP contribution in [-0.2, 0) is 16.1 Å². The van der Waals surface area contributed by atoms with Crippen LogP contribution in [0.5, 0.6) is 11.5 Å². The van der Waals surface area contributed by atoms with E-state index in [4.69, 9.17) is 25.8 Å². The summed E-state index contributed by atoms with van der Waals surface area (Å²) >= 11 is 7.71. The van der Waals surface area contributed by atoms with Gasteiger partial charge in [0.25, 0.3) is 0 Å². The third-order valence-corrected chi connectivity index (χ3v) is 4.91. The summed E-state index contributed by atoms with van der Waals surface area (Å²) in [6.45, 7) is 2.48. The molecule has 7 heteroatoms. The van der Waals surface area contributed by atoms with Crippen molar-refractivity contribution < 1.29 is 19.0 Å². The van der Waals surface area contributed by atoms with E-state index in [2.05, 4.69) is 4.98 Å². The summed E-state index contributed by atoms with van der Waals surface area (Å²) < 4.78 is 17.1. The van der Waals surface area contributed by atoms with Crippen molar-refractivity contribution in [2.75, 3.05) is 13.7 Å². The summed E-state index contributed by atoms with van der Waals surface area (Å²) in [6, 6.07) is 11.3. The lowest BCUT2D eigenvalue weighted by molar-refractivity contribution is -0.138. The molecular formula is C20H18ClNO4S. The van der Waals surface area contributed by atoms with Crippen LogP contribution in [0.1, 0.15) is 17.5 Å². The van der Waals surface area contributed by atoms with Crippen LogP contribution < -0.4 is 9.47 Å². The predicted molar refractivity (Wildman–Crippen MR) is 108 cm³/mol. The number of thiazole rings is 1. The van der Waals surface area contributed by atoms with Gasteiger partial charge in [0.1, 0.15) is 11.6 Å². The Bertz CT molecular complexity index is 950. The number of benzene rings is 2. The van der Waals surface area contributed by atoms with Gasteiger partial charge < -0.3 is 14.2 Å². The van der Waals surface area contributed by atoms with Crippen molar-refractivity contribution in [2.24, 2.45) is 0 Å². The zero-order valence-corrected chi connectivity index (χ0v) is 16.5. The first-order chi connectivity index (χ1) is 13.1. The first-order valence-electron chi connectivity index (χ1n) is 8.30. The number of rotatable bonds is 7. The van der Waals surface area contributed by atoms with E-state index >= 15 is 0 Å². The number of carbonyl (C=O) groups excluding carboxylic acids is 1. The van der Waals surface area contributed by atoms with Gasteiger partial charge in [0, 0.05) is 6.08 Å². The second kappa shape index (κ2) is 8.88. The largest absolute Gasteiger partial charge is 0.491 e. The second-order valence-electron chi connectivity index (χ2n) is 5.48. The van der Waals surface area contributed by atoms with Crippen LogP contribution in [0.15, 0.2) is 42.5 Å². The lowest BCUT2D eigenvalue weighted by Crippen LogP contribution is -2.00. The van der Waals surface area contributed by atoms with Gasteiger partial charge in [-0.05, 0) is 42.8 Å². The van der Waals surface area contributed by atoms with Gasteiger partial charge in [-0.3, -0.25) is 0 Å². The van der Waals surface area contributed by atoms with Crippen LogP contribution in [0, 0.1) is 0 Å². The maximum Gasteiger partial charge on any atom is 0.331 e. The second-order valence-corrected chi connectivity index (χ2v) is 7.01. The number of halogens is 1. The van der Waals surface area contributed by atoms with Crippen molar-refractivity contribution in [2.45, 2.75) is 13.5 Å². The summed E-state index contributed by atoms with van der Waals surface area (Å²) in [4.78, 5) is 16.4. The highest BCUT2D eigenvalue weighted by atomic mass is 35.5. The third-order valence-electron chi connectivity index (χ3n) is 3.62. The molecule has 0 aliphatic carbocycles. The van der Waals surface area contributed by atoms with Crippen molar-refractivity contribution in [3.05, 3.63) is 58.1 Å². The Morgan fingerprint density at radius 2 is 2.11 bits per heavy atom. The molecule has 0 amide bonds. The SMILES string of the molecule is CCOc1cc(C=CC(=O)OCc2nc3ccccc3s2)cc(Cl)c1OC. The number of esters is 1. The fraction of sp³-hybridized carbons (Fsp3) is 0.200. The van der Waals surface area contributed by atoms with E-state index in [1.54, 1.807) is 18.2 Å². The molecule has 3 aromatic rings. The maximum absolute atomic E-state index is 12.0. The molecule has 0 saturated heterocycles. The molecule has 140 valence electrons. The highest BCUT2D eigenvalue weighted by Gasteiger charge is 2.11. The number of hydrogen-bond donors (Lipinski definition) is 0. The Labute approximate surface area is 166 Å². The topological polar surface area (TPSA) is 57.7 Å². The molecule has 0 spiro atoms. The summed E-state index contributed by atoms with van der Waals surface area (Å²) in [5, 5.41) is 1.16. The first-order valence-corrected chi connectivity index (χ1v) is 9.49. The highest BCUT2D eigenvalue weighted by Crippen LogP contribution is 2.36. The number of hydrogen-bond acceptors (Lipinski definition) is 6. The number of aromatic nitrogens is 1. The maximum atomic E-state index is 12.0.